The fraction of sp³-hybridized carbons (Fsp3) is 0.778. The quantitative estimate of drug-likeness (QED) is 0.102. The average Bonchev–Trinajstić information content (AvgIpc) is 3.49. The summed E-state index contributed by atoms with van der Waals surface area (Å²) in [4.78, 5) is 28.5. The van der Waals surface area contributed by atoms with E-state index in [0.717, 1.165) is 19.3 Å². The van der Waals surface area contributed by atoms with E-state index < -0.39 is 42.4 Å². The zero-order valence-corrected chi connectivity index (χ0v) is 28.6. The summed E-state index contributed by atoms with van der Waals surface area (Å²) < 4.78 is 29.7. The van der Waals surface area contributed by atoms with E-state index in [9.17, 15) is 9.59 Å². The predicted octanol–water partition coefficient (Wildman–Crippen LogP) is 8.22. The summed E-state index contributed by atoms with van der Waals surface area (Å²) in [5.41, 5.74) is 0.685. The minimum absolute atomic E-state index is 0.0258. The van der Waals surface area contributed by atoms with Crippen molar-refractivity contribution in [3.05, 3.63) is 30.3 Å². The number of carbonyl (C=O) groups is 2. The minimum atomic E-state index is -0.813. The Hall–Kier alpha value is -2.20. The Morgan fingerprint density at radius 1 is 0.867 bits per heavy atom. The van der Waals surface area contributed by atoms with Crippen molar-refractivity contribution in [2.45, 2.75) is 160 Å². The van der Waals surface area contributed by atoms with Gasteiger partial charge in [-0.2, -0.15) is 0 Å². The Labute approximate surface area is 272 Å². The second-order valence-corrected chi connectivity index (χ2v) is 12.9. The van der Waals surface area contributed by atoms with Gasteiger partial charge in [0.15, 0.2) is 12.1 Å². The van der Waals surface area contributed by atoms with Gasteiger partial charge in [0.2, 0.25) is 0 Å². The topological polar surface area (TPSA) is 95.6 Å². The molecule has 45 heavy (non-hydrogen) atoms. The molecule has 0 aromatic heterocycles. The normalized spacial score (nSPS) is 22.6. The first-order valence-electron chi connectivity index (χ1n) is 17.6. The maximum absolute atomic E-state index is 13.9. The number of methoxy groups -OCH3 is 1. The highest BCUT2D eigenvalue weighted by Crippen LogP contribution is 2.41. The predicted molar refractivity (Wildman–Crippen MR) is 177 cm³/mol. The van der Waals surface area contributed by atoms with Crippen LogP contribution in [0.15, 0.2) is 30.3 Å². The van der Waals surface area contributed by atoms with Crippen molar-refractivity contribution in [2.24, 2.45) is 0 Å². The lowest BCUT2D eigenvalue weighted by atomic mass is 9.98. The number of para-hydroxylation sites is 1. The first-order chi connectivity index (χ1) is 21.8. The highest BCUT2D eigenvalue weighted by Gasteiger charge is 2.58. The number of amides is 2. The van der Waals surface area contributed by atoms with Gasteiger partial charge in [-0.1, -0.05) is 109 Å². The summed E-state index contributed by atoms with van der Waals surface area (Å²) in [6, 6.07) is 8.43. The van der Waals surface area contributed by atoms with Gasteiger partial charge in [0.1, 0.15) is 18.3 Å². The van der Waals surface area contributed by atoms with E-state index in [-0.39, 0.29) is 19.1 Å². The summed E-state index contributed by atoms with van der Waals surface area (Å²) in [6.07, 6.45) is 15.2. The molecule has 2 heterocycles. The molecular weight excluding hydrogens is 572 g/mol. The maximum atomic E-state index is 13.9. The summed E-state index contributed by atoms with van der Waals surface area (Å²) >= 11 is 0. The van der Waals surface area contributed by atoms with E-state index in [1.807, 2.05) is 44.2 Å². The highest BCUT2D eigenvalue weighted by molar-refractivity contribution is 5.90. The van der Waals surface area contributed by atoms with Crippen LogP contribution in [0.4, 0.5) is 10.5 Å². The Balaban J connectivity index is 1.59. The molecule has 2 aliphatic rings. The van der Waals surface area contributed by atoms with Gasteiger partial charge in [-0.3, -0.25) is 4.79 Å². The molecular formula is C36H60N2O7. The number of fused-ring (bicyclic) bond motifs is 1. The fourth-order valence-electron chi connectivity index (χ4n) is 6.49. The molecule has 2 fully saturated rings. The van der Waals surface area contributed by atoms with Gasteiger partial charge >= 0.3 is 12.0 Å². The Kier molecular flexibility index (Phi) is 16.7. The zero-order chi connectivity index (χ0) is 32.5. The van der Waals surface area contributed by atoms with Gasteiger partial charge in [-0.25, -0.2) is 4.79 Å². The first kappa shape index (κ1) is 37.3. The van der Waals surface area contributed by atoms with Crippen molar-refractivity contribution in [1.82, 2.24) is 4.90 Å². The molecule has 0 bridgehead atoms. The average molecular weight is 633 g/mol. The van der Waals surface area contributed by atoms with Crippen LogP contribution in [-0.2, 0) is 28.5 Å². The van der Waals surface area contributed by atoms with Crippen LogP contribution in [0.3, 0.4) is 0 Å². The number of nitrogens with one attached hydrogen (secondary N) is 1. The van der Waals surface area contributed by atoms with Crippen LogP contribution in [-0.4, -0.2) is 73.6 Å². The Bertz CT molecular complexity index is 975. The lowest BCUT2D eigenvalue weighted by Crippen LogP contribution is -2.54. The number of urea groups is 1. The number of nitrogens with zero attached hydrogens (tertiary/aromatic N) is 1. The van der Waals surface area contributed by atoms with Crippen LogP contribution in [0.25, 0.3) is 0 Å². The van der Waals surface area contributed by atoms with Crippen LogP contribution in [0.1, 0.15) is 124 Å². The standard InChI is InChI=1S/C36H60N2O7/c1-6-8-9-10-11-12-13-14-15-16-17-18-19-23-26-38(35(40)37-28-24-21-20-22-25-28)29(27-30(39)42-7-2)31-32(41-5)33-34(43-31)45-36(3,4)44-33/h20-22,24-25,29,31-34H,6-19,23,26-27H2,1-5H3,(H,37,40)/t29-,31?,32-,33+,34+/m0/s1. The number of esters is 1. The second kappa shape index (κ2) is 20.1. The van der Waals surface area contributed by atoms with Crippen LogP contribution < -0.4 is 5.32 Å². The molecule has 1 aromatic rings. The van der Waals surface area contributed by atoms with Crippen molar-refractivity contribution >= 4 is 17.7 Å². The molecule has 3 rings (SSSR count). The highest BCUT2D eigenvalue weighted by atomic mass is 16.8. The number of benzene rings is 1. The molecule has 0 radical (unpaired) electrons. The van der Waals surface area contributed by atoms with Crippen molar-refractivity contribution < 1.29 is 33.3 Å². The van der Waals surface area contributed by atoms with Crippen molar-refractivity contribution in [3.63, 3.8) is 0 Å². The van der Waals surface area contributed by atoms with Crippen molar-refractivity contribution in [1.29, 1.82) is 0 Å². The Morgan fingerprint density at radius 2 is 1.44 bits per heavy atom. The number of rotatable bonds is 22. The number of carbonyl (C=O) groups excluding carboxylic acids is 2. The maximum Gasteiger partial charge on any atom is 0.322 e. The number of unbranched alkanes of at least 4 members (excludes halogenated alkanes) is 13. The van der Waals surface area contributed by atoms with E-state index in [0.29, 0.717) is 12.2 Å². The van der Waals surface area contributed by atoms with Crippen LogP contribution in [0.5, 0.6) is 0 Å². The van der Waals surface area contributed by atoms with Crippen LogP contribution in [0, 0.1) is 0 Å². The number of hydrogen-bond acceptors (Lipinski definition) is 7. The summed E-state index contributed by atoms with van der Waals surface area (Å²) in [6.45, 7) is 8.44. The molecule has 0 saturated carbocycles. The molecule has 0 aliphatic carbocycles. The summed E-state index contributed by atoms with van der Waals surface area (Å²) in [7, 11) is 1.60. The lowest BCUT2D eigenvalue weighted by Gasteiger charge is -2.37. The molecule has 2 saturated heterocycles. The first-order valence-corrected chi connectivity index (χ1v) is 17.6. The van der Waals surface area contributed by atoms with Gasteiger partial charge in [0, 0.05) is 19.3 Å². The van der Waals surface area contributed by atoms with Crippen molar-refractivity contribution in [3.8, 4) is 0 Å². The third-order valence-corrected chi connectivity index (χ3v) is 8.80. The van der Waals surface area contributed by atoms with Gasteiger partial charge in [-0.05, 0) is 39.3 Å². The number of hydrogen-bond donors (Lipinski definition) is 1. The van der Waals surface area contributed by atoms with Crippen LogP contribution >= 0.6 is 0 Å². The lowest BCUT2D eigenvalue weighted by molar-refractivity contribution is -0.223. The van der Waals surface area contributed by atoms with E-state index in [1.165, 1.54) is 70.6 Å². The third-order valence-electron chi connectivity index (χ3n) is 8.80. The largest absolute Gasteiger partial charge is 0.466 e. The fourth-order valence-corrected chi connectivity index (χ4v) is 6.49. The van der Waals surface area contributed by atoms with Gasteiger partial charge in [0.25, 0.3) is 0 Å². The molecule has 1 aromatic carbocycles. The van der Waals surface area contributed by atoms with E-state index in [1.54, 1.807) is 18.9 Å². The molecule has 1 N–H and O–H groups in total. The molecule has 2 amide bonds. The van der Waals surface area contributed by atoms with Gasteiger partial charge in [0.05, 0.1) is 19.1 Å². The monoisotopic (exact) mass is 632 g/mol. The number of ether oxygens (including phenoxy) is 5. The molecule has 1 unspecified atom stereocenters. The molecule has 256 valence electrons. The minimum Gasteiger partial charge on any atom is -0.466 e. The second-order valence-electron chi connectivity index (χ2n) is 12.9. The zero-order valence-electron chi connectivity index (χ0n) is 28.6. The summed E-state index contributed by atoms with van der Waals surface area (Å²) in [5, 5.41) is 3.02. The van der Waals surface area contributed by atoms with E-state index in [4.69, 9.17) is 23.7 Å². The van der Waals surface area contributed by atoms with Crippen LogP contribution in [0.2, 0.25) is 0 Å². The Morgan fingerprint density at radius 3 is 2.00 bits per heavy atom. The van der Waals surface area contributed by atoms with Gasteiger partial charge < -0.3 is 33.9 Å². The smallest absolute Gasteiger partial charge is 0.322 e. The molecule has 0 spiro atoms. The van der Waals surface area contributed by atoms with E-state index in [2.05, 4.69) is 12.2 Å². The molecule has 5 atom stereocenters. The molecule has 9 nitrogen and oxygen atoms in total. The third kappa shape index (κ3) is 12.5. The molecule has 2 aliphatic heterocycles. The SMILES string of the molecule is CCCCCCCCCCCCCCCCN(C(=O)Nc1ccccc1)[C@@H](CC(=O)OCC)C1O[C@@H]2OC(C)(C)O[C@@H]2[C@H]1OC. The summed E-state index contributed by atoms with van der Waals surface area (Å²) in [5.74, 6) is -1.20. The van der Waals surface area contributed by atoms with E-state index >= 15 is 0 Å². The van der Waals surface area contributed by atoms with Crippen molar-refractivity contribution in [2.75, 3.05) is 25.6 Å². The number of anilines is 1. The van der Waals surface area contributed by atoms with Gasteiger partial charge in [-0.15, -0.1) is 0 Å². The molecule has 9 heteroatoms.